The van der Waals surface area contributed by atoms with E-state index >= 15 is 0 Å². The smallest absolute Gasteiger partial charge is 0.343 e. The number of amides is 3. The van der Waals surface area contributed by atoms with Crippen LogP contribution in [0.3, 0.4) is 0 Å². The van der Waals surface area contributed by atoms with Crippen molar-refractivity contribution in [1.82, 2.24) is 14.7 Å². The molecule has 0 aliphatic carbocycles. The lowest BCUT2D eigenvalue weighted by Crippen LogP contribution is -2.53. The number of nitrogens with zero attached hydrogens (tertiary/aromatic N) is 3. The van der Waals surface area contributed by atoms with E-state index in [1.54, 1.807) is 34.1 Å². The highest BCUT2D eigenvalue weighted by Gasteiger charge is 2.41. The predicted molar refractivity (Wildman–Crippen MR) is 143 cm³/mol. The summed E-state index contributed by atoms with van der Waals surface area (Å²) in [4.78, 5) is 43.1. The van der Waals surface area contributed by atoms with Gasteiger partial charge in [-0.15, -0.1) is 0 Å². The van der Waals surface area contributed by atoms with Crippen LogP contribution < -0.4 is 0 Å². The largest absolute Gasteiger partial charge is 0.416 e. The molecule has 2 aromatic rings. The topological polar surface area (TPSA) is 60.9 Å². The molecular formula is C29H30ClF6N3O3. The van der Waals surface area contributed by atoms with Gasteiger partial charge < -0.3 is 14.7 Å². The van der Waals surface area contributed by atoms with Gasteiger partial charge in [0.25, 0.3) is 5.91 Å². The molecule has 2 unspecified atom stereocenters. The Hall–Kier alpha value is -3.28. The maximum atomic E-state index is 13.5. The zero-order valence-corrected chi connectivity index (χ0v) is 23.7. The molecule has 3 amide bonds. The molecular weight excluding hydrogens is 588 g/mol. The number of halogens is 7. The number of hydrogen-bond donors (Lipinski definition) is 0. The minimum absolute atomic E-state index is 0.0156. The first kappa shape index (κ1) is 31.7. The van der Waals surface area contributed by atoms with E-state index in [4.69, 9.17) is 11.6 Å². The van der Waals surface area contributed by atoms with Crippen molar-refractivity contribution in [1.29, 1.82) is 0 Å². The van der Waals surface area contributed by atoms with E-state index in [9.17, 15) is 40.7 Å². The van der Waals surface area contributed by atoms with Crippen molar-refractivity contribution in [3.8, 4) is 0 Å². The molecule has 2 heterocycles. The maximum Gasteiger partial charge on any atom is 0.416 e. The molecule has 0 saturated carbocycles. The van der Waals surface area contributed by atoms with Gasteiger partial charge in [0.1, 0.15) is 0 Å². The fraction of sp³-hybridized carbons (Fsp3) is 0.483. The monoisotopic (exact) mass is 617 g/mol. The molecule has 0 radical (unpaired) electrons. The molecule has 13 heteroatoms. The van der Waals surface area contributed by atoms with Gasteiger partial charge in [-0.25, -0.2) is 0 Å². The number of carbonyl (C=O) groups excluding carboxylic acids is 3. The van der Waals surface area contributed by atoms with Crippen LogP contribution in [0.15, 0.2) is 42.5 Å². The van der Waals surface area contributed by atoms with Crippen molar-refractivity contribution in [2.24, 2.45) is 5.92 Å². The lowest BCUT2D eigenvalue weighted by Gasteiger charge is -2.44. The summed E-state index contributed by atoms with van der Waals surface area (Å²) in [5.74, 6) is -1.91. The van der Waals surface area contributed by atoms with E-state index in [0.717, 1.165) is 0 Å². The number of rotatable bonds is 4. The second-order valence-corrected chi connectivity index (χ2v) is 11.2. The fourth-order valence-corrected chi connectivity index (χ4v) is 5.90. The lowest BCUT2D eigenvalue weighted by molar-refractivity contribution is -0.143. The first-order valence-electron chi connectivity index (χ1n) is 13.4. The van der Waals surface area contributed by atoms with Gasteiger partial charge >= 0.3 is 12.4 Å². The van der Waals surface area contributed by atoms with Gasteiger partial charge in [-0.1, -0.05) is 23.7 Å². The average molecular weight is 618 g/mol. The van der Waals surface area contributed by atoms with Crippen LogP contribution in [-0.2, 0) is 21.9 Å². The minimum atomic E-state index is -5.09. The zero-order chi connectivity index (χ0) is 31.0. The fourth-order valence-electron chi connectivity index (χ4n) is 5.77. The normalized spacial score (nSPS) is 20.4. The number of hydrogen-bond acceptors (Lipinski definition) is 3. The second kappa shape index (κ2) is 12.1. The molecule has 2 aliphatic heterocycles. The SMILES string of the molecule is CC(=O)N1CCC(C(=O)N2CCC(N(C)C(=O)c3cc(C(F)(F)F)cc(C(F)(F)F)c3)C(c3ccc(Cl)cc3)C2)CC1. The van der Waals surface area contributed by atoms with Crippen LogP contribution in [0.1, 0.15) is 59.2 Å². The van der Waals surface area contributed by atoms with Crippen LogP contribution in [0.25, 0.3) is 0 Å². The van der Waals surface area contributed by atoms with E-state index in [1.807, 2.05) is 0 Å². The van der Waals surface area contributed by atoms with Gasteiger partial charge in [-0.2, -0.15) is 26.3 Å². The van der Waals surface area contributed by atoms with Crippen LogP contribution in [0.4, 0.5) is 26.3 Å². The lowest BCUT2D eigenvalue weighted by atomic mass is 9.83. The van der Waals surface area contributed by atoms with Crippen LogP contribution in [0.5, 0.6) is 0 Å². The summed E-state index contributed by atoms with van der Waals surface area (Å²) in [5.41, 5.74) is -3.16. The molecule has 6 nitrogen and oxygen atoms in total. The number of benzene rings is 2. The molecule has 42 heavy (non-hydrogen) atoms. The standard InChI is InChI=1S/C29H30ClF6N3O3/c1-17(40)38-10-7-19(8-11-38)27(42)39-12-9-25(24(16-39)18-3-5-23(30)6-4-18)37(2)26(41)20-13-21(28(31,32)33)15-22(14-20)29(34,35)36/h3-6,13-15,19,24-25H,7-12,16H2,1-2H3. The third-order valence-corrected chi connectivity index (χ3v) is 8.38. The predicted octanol–water partition coefficient (Wildman–Crippen LogP) is 6.09. The van der Waals surface area contributed by atoms with E-state index in [2.05, 4.69) is 0 Å². The summed E-state index contributed by atoms with van der Waals surface area (Å²) in [5, 5.41) is 0.448. The van der Waals surface area contributed by atoms with Crippen molar-refractivity contribution in [3.63, 3.8) is 0 Å². The van der Waals surface area contributed by atoms with Crippen molar-refractivity contribution in [2.45, 2.75) is 50.5 Å². The third-order valence-electron chi connectivity index (χ3n) is 8.13. The van der Waals surface area contributed by atoms with E-state index in [0.29, 0.717) is 48.6 Å². The highest BCUT2D eigenvalue weighted by atomic mass is 35.5. The van der Waals surface area contributed by atoms with Crippen LogP contribution in [0, 0.1) is 5.92 Å². The first-order valence-corrected chi connectivity index (χ1v) is 13.8. The van der Waals surface area contributed by atoms with Crippen LogP contribution in [0.2, 0.25) is 5.02 Å². The molecule has 228 valence electrons. The first-order chi connectivity index (χ1) is 19.6. The summed E-state index contributed by atoms with van der Waals surface area (Å²) in [7, 11) is 1.35. The summed E-state index contributed by atoms with van der Waals surface area (Å²) in [6.07, 6.45) is -8.91. The van der Waals surface area contributed by atoms with Crippen LogP contribution >= 0.6 is 11.6 Å². The quantitative estimate of drug-likeness (QED) is 0.390. The average Bonchev–Trinajstić information content (AvgIpc) is 2.95. The Morgan fingerprint density at radius 2 is 1.36 bits per heavy atom. The van der Waals surface area contributed by atoms with Crippen LogP contribution in [-0.4, -0.2) is 71.7 Å². The van der Waals surface area contributed by atoms with Crippen molar-refractivity contribution in [3.05, 3.63) is 69.7 Å². The number of piperidine rings is 2. The van der Waals surface area contributed by atoms with E-state index < -0.39 is 46.9 Å². The Labute approximate surface area is 244 Å². The number of likely N-dealkylation sites (tertiary alicyclic amines) is 2. The third kappa shape index (κ3) is 7.02. The van der Waals surface area contributed by atoms with E-state index in [-0.39, 0.29) is 43.3 Å². The Morgan fingerprint density at radius 1 is 0.833 bits per heavy atom. The minimum Gasteiger partial charge on any atom is -0.343 e. The zero-order valence-electron chi connectivity index (χ0n) is 22.9. The summed E-state index contributed by atoms with van der Waals surface area (Å²) < 4.78 is 80.7. The van der Waals surface area contributed by atoms with E-state index in [1.165, 1.54) is 18.9 Å². The molecule has 2 aliphatic rings. The summed E-state index contributed by atoms with van der Waals surface area (Å²) >= 11 is 6.06. The molecule has 0 aromatic heterocycles. The molecule has 2 fully saturated rings. The Kier molecular flexibility index (Phi) is 9.15. The van der Waals surface area contributed by atoms with Gasteiger partial charge in [0.15, 0.2) is 0 Å². The molecule has 2 atom stereocenters. The summed E-state index contributed by atoms with van der Waals surface area (Å²) in [6, 6.07) is 6.93. The Balaban J connectivity index is 1.61. The van der Waals surface area contributed by atoms with Gasteiger partial charge in [-0.05, 0) is 55.2 Å². The number of likely N-dealkylation sites (N-methyl/N-ethyl adjacent to an activating group) is 1. The Morgan fingerprint density at radius 3 is 1.86 bits per heavy atom. The van der Waals surface area contributed by atoms with Crippen molar-refractivity contribution >= 4 is 29.3 Å². The number of alkyl halides is 6. The molecule has 2 aromatic carbocycles. The Bertz CT molecular complexity index is 1290. The number of carbonyl (C=O) groups is 3. The second-order valence-electron chi connectivity index (χ2n) is 10.8. The molecule has 4 rings (SSSR count). The van der Waals surface area contributed by atoms with Gasteiger partial charge in [0.05, 0.1) is 11.1 Å². The molecule has 0 spiro atoms. The van der Waals surface area contributed by atoms with Crippen molar-refractivity contribution < 1.29 is 40.7 Å². The highest BCUT2D eigenvalue weighted by Crippen LogP contribution is 2.38. The molecule has 0 bridgehead atoms. The van der Waals surface area contributed by atoms with Gasteiger partial charge in [0, 0.05) is 68.6 Å². The van der Waals surface area contributed by atoms with Gasteiger partial charge in [0.2, 0.25) is 11.8 Å². The molecule has 2 saturated heterocycles. The summed E-state index contributed by atoms with van der Waals surface area (Å²) in [6.45, 7) is 2.85. The maximum absolute atomic E-state index is 13.5. The highest BCUT2D eigenvalue weighted by molar-refractivity contribution is 6.30. The van der Waals surface area contributed by atoms with Crippen molar-refractivity contribution in [2.75, 3.05) is 33.2 Å². The van der Waals surface area contributed by atoms with Gasteiger partial charge in [-0.3, -0.25) is 14.4 Å². The molecule has 0 N–H and O–H groups in total.